The number of carbonyl (C=O) groups excluding carboxylic acids is 2. The van der Waals surface area contributed by atoms with Crippen LogP contribution < -0.4 is 5.32 Å². The summed E-state index contributed by atoms with van der Waals surface area (Å²) >= 11 is 0. The molecular weight excluding hydrogens is 1030 g/mol. The zero-order chi connectivity index (χ0) is 60.6. The zero-order valence-corrected chi connectivity index (χ0v) is 57.4. The van der Waals surface area contributed by atoms with Gasteiger partial charge in [0.25, 0.3) is 0 Å². The predicted molar refractivity (Wildman–Crippen MR) is 370 cm³/mol. The molecule has 0 aromatic carbocycles. The Morgan fingerprint density at radius 1 is 0.321 bits per heavy atom. The first-order valence-electron chi connectivity index (χ1n) is 38.9. The number of hydrogen-bond acceptors (Lipinski definition) is 5. The molecule has 0 aliphatic carbocycles. The molecule has 0 saturated heterocycles. The van der Waals surface area contributed by atoms with Crippen LogP contribution in [0.15, 0.2) is 12.2 Å². The van der Waals surface area contributed by atoms with Gasteiger partial charge in [0, 0.05) is 12.8 Å². The van der Waals surface area contributed by atoms with Gasteiger partial charge in [-0.1, -0.05) is 398 Å². The monoisotopic (exact) mass is 1180 g/mol. The summed E-state index contributed by atoms with van der Waals surface area (Å²) in [6, 6.07) is -0.538. The van der Waals surface area contributed by atoms with Crippen LogP contribution in [0, 0.1) is 0 Å². The van der Waals surface area contributed by atoms with Gasteiger partial charge in [-0.25, -0.2) is 0 Å². The number of hydrogen-bond donors (Lipinski definition) is 3. The van der Waals surface area contributed by atoms with Crippen LogP contribution in [0.3, 0.4) is 0 Å². The number of carbonyl (C=O) groups is 2. The van der Waals surface area contributed by atoms with E-state index >= 15 is 0 Å². The van der Waals surface area contributed by atoms with E-state index in [1.165, 1.54) is 379 Å². The molecule has 500 valence electrons. The highest BCUT2D eigenvalue weighted by Crippen LogP contribution is 2.20. The van der Waals surface area contributed by atoms with Crippen LogP contribution in [0.25, 0.3) is 0 Å². The molecule has 0 bridgehead atoms. The molecule has 0 aromatic heterocycles. The van der Waals surface area contributed by atoms with Crippen molar-refractivity contribution < 1.29 is 24.5 Å². The summed E-state index contributed by atoms with van der Waals surface area (Å²) in [5.74, 6) is -0.00297. The third kappa shape index (κ3) is 69.7. The highest BCUT2D eigenvalue weighted by atomic mass is 16.5. The van der Waals surface area contributed by atoms with Gasteiger partial charge in [-0.2, -0.15) is 0 Å². The molecule has 2 atom stereocenters. The summed E-state index contributed by atoms with van der Waals surface area (Å²) in [6.07, 6.45) is 93.1. The normalized spacial score (nSPS) is 12.5. The summed E-state index contributed by atoms with van der Waals surface area (Å²) in [5, 5.41) is 23.4. The SMILES string of the molecule is CCCCCCCCCCCCCCCCCCCCC(O)C(CO)NC(=O)CCCCCCCCCCCCCCCCCCC/C=C\CCCCCCCCCCCCCCCCCCOC(=O)CCCCCCCCCCCCCC. The van der Waals surface area contributed by atoms with Crippen molar-refractivity contribution in [1.29, 1.82) is 0 Å². The van der Waals surface area contributed by atoms with Gasteiger partial charge in [0.1, 0.15) is 0 Å². The van der Waals surface area contributed by atoms with E-state index < -0.39 is 12.1 Å². The van der Waals surface area contributed by atoms with Crippen LogP contribution in [-0.2, 0) is 14.3 Å². The van der Waals surface area contributed by atoms with Crippen LogP contribution >= 0.6 is 0 Å². The first-order valence-corrected chi connectivity index (χ1v) is 38.9. The lowest BCUT2D eigenvalue weighted by molar-refractivity contribution is -0.143. The summed E-state index contributed by atoms with van der Waals surface area (Å²) < 4.78 is 5.49. The molecule has 6 nitrogen and oxygen atoms in total. The maximum atomic E-state index is 12.5. The number of amides is 1. The van der Waals surface area contributed by atoms with E-state index in [1.54, 1.807) is 0 Å². The molecule has 3 N–H and O–H groups in total. The second-order valence-corrected chi connectivity index (χ2v) is 27.0. The summed E-state index contributed by atoms with van der Waals surface area (Å²) in [7, 11) is 0. The van der Waals surface area contributed by atoms with E-state index in [9.17, 15) is 19.8 Å². The van der Waals surface area contributed by atoms with E-state index in [1.807, 2.05) is 0 Å². The smallest absolute Gasteiger partial charge is 0.305 e. The van der Waals surface area contributed by atoms with Crippen molar-refractivity contribution in [3.8, 4) is 0 Å². The molecular formula is C78H153NO5. The maximum absolute atomic E-state index is 12.5. The number of esters is 1. The standard InChI is InChI=1S/C78H153NO5/c1-3-5-7-9-11-13-15-17-18-19-41-44-47-50-54-58-62-66-70-76(81)75(74-80)79-77(82)71-67-63-59-55-51-48-45-42-39-37-35-33-31-29-27-25-23-21-20-22-24-26-28-30-32-34-36-38-40-43-46-49-53-57-61-65-69-73-84-78(83)72-68-64-60-56-52-16-14-12-10-8-6-4-2/h20,22,75-76,80-81H,3-19,21,23-74H2,1-2H3,(H,79,82)/b22-20-. The Labute approximate surface area is 527 Å². The van der Waals surface area contributed by atoms with Crippen LogP contribution in [0.4, 0.5) is 0 Å². The zero-order valence-electron chi connectivity index (χ0n) is 57.4. The Morgan fingerprint density at radius 3 is 0.845 bits per heavy atom. The minimum absolute atomic E-state index is 0.0231. The minimum Gasteiger partial charge on any atom is -0.466 e. The van der Waals surface area contributed by atoms with Gasteiger partial charge in [0.05, 0.1) is 25.4 Å². The maximum Gasteiger partial charge on any atom is 0.305 e. The highest BCUT2D eigenvalue weighted by Gasteiger charge is 2.20. The quantitative estimate of drug-likeness (QED) is 0.0320. The van der Waals surface area contributed by atoms with E-state index in [4.69, 9.17) is 4.74 Å². The number of unbranched alkanes of at least 4 members (excludes halogenated alkanes) is 61. The molecule has 2 unspecified atom stereocenters. The fourth-order valence-corrected chi connectivity index (χ4v) is 12.6. The average molecular weight is 1190 g/mol. The van der Waals surface area contributed by atoms with Crippen LogP contribution in [-0.4, -0.2) is 47.4 Å². The molecule has 0 radical (unpaired) electrons. The van der Waals surface area contributed by atoms with Gasteiger partial charge >= 0.3 is 5.97 Å². The van der Waals surface area contributed by atoms with Gasteiger partial charge in [-0.3, -0.25) is 9.59 Å². The van der Waals surface area contributed by atoms with Crippen molar-refractivity contribution in [2.45, 2.75) is 463 Å². The van der Waals surface area contributed by atoms with Crippen molar-refractivity contribution >= 4 is 11.9 Å². The van der Waals surface area contributed by atoms with Crippen molar-refractivity contribution in [3.05, 3.63) is 12.2 Å². The molecule has 6 heteroatoms. The van der Waals surface area contributed by atoms with Gasteiger partial charge in [-0.05, 0) is 51.4 Å². The summed E-state index contributed by atoms with van der Waals surface area (Å²) in [6.45, 7) is 5.00. The molecule has 84 heavy (non-hydrogen) atoms. The first-order chi connectivity index (χ1) is 41.5. The highest BCUT2D eigenvalue weighted by molar-refractivity contribution is 5.76. The minimum atomic E-state index is -0.661. The molecule has 0 aliphatic rings. The summed E-state index contributed by atoms with van der Waals surface area (Å²) in [4.78, 5) is 24.6. The predicted octanol–water partition coefficient (Wildman–Crippen LogP) is 25.5. The number of aliphatic hydroxyl groups excluding tert-OH is 2. The fourth-order valence-electron chi connectivity index (χ4n) is 12.6. The lowest BCUT2D eigenvalue weighted by atomic mass is 10.0. The second-order valence-electron chi connectivity index (χ2n) is 27.0. The molecule has 0 spiro atoms. The third-order valence-electron chi connectivity index (χ3n) is 18.6. The Morgan fingerprint density at radius 2 is 0.560 bits per heavy atom. The largest absolute Gasteiger partial charge is 0.466 e. The Balaban J connectivity index is 3.32. The number of nitrogens with one attached hydrogen (secondary N) is 1. The number of allylic oxidation sites excluding steroid dienone is 2. The lowest BCUT2D eigenvalue weighted by Gasteiger charge is -2.22. The van der Waals surface area contributed by atoms with E-state index in [2.05, 4.69) is 31.3 Å². The van der Waals surface area contributed by atoms with Crippen molar-refractivity contribution in [2.24, 2.45) is 0 Å². The Kier molecular flexibility index (Phi) is 72.8. The lowest BCUT2D eigenvalue weighted by Crippen LogP contribution is -2.45. The number of ether oxygens (including phenoxy) is 1. The second kappa shape index (κ2) is 74.1. The average Bonchev–Trinajstić information content (AvgIpc) is 3.50. The molecule has 0 aromatic rings. The third-order valence-corrected chi connectivity index (χ3v) is 18.6. The van der Waals surface area contributed by atoms with Gasteiger partial charge in [0.15, 0.2) is 0 Å². The van der Waals surface area contributed by atoms with Crippen LogP contribution in [0.2, 0.25) is 0 Å². The van der Waals surface area contributed by atoms with E-state index in [0.29, 0.717) is 25.9 Å². The van der Waals surface area contributed by atoms with Gasteiger partial charge in [0.2, 0.25) is 5.91 Å². The first kappa shape index (κ1) is 82.6. The number of aliphatic hydroxyl groups is 2. The van der Waals surface area contributed by atoms with Gasteiger partial charge in [-0.15, -0.1) is 0 Å². The van der Waals surface area contributed by atoms with Crippen molar-refractivity contribution in [3.63, 3.8) is 0 Å². The molecule has 0 saturated carbocycles. The molecule has 1 amide bonds. The van der Waals surface area contributed by atoms with Gasteiger partial charge < -0.3 is 20.3 Å². The van der Waals surface area contributed by atoms with Crippen LogP contribution in [0.1, 0.15) is 450 Å². The van der Waals surface area contributed by atoms with Crippen molar-refractivity contribution in [1.82, 2.24) is 5.32 Å². The van der Waals surface area contributed by atoms with E-state index in [-0.39, 0.29) is 18.5 Å². The number of rotatable bonds is 74. The van der Waals surface area contributed by atoms with E-state index in [0.717, 1.165) is 38.5 Å². The summed E-state index contributed by atoms with van der Waals surface area (Å²) in [5.41, 5.74) is 0. The molecule has 0 aliphatic heterocycles. The Bertz CT molecular complexity index is 1270. The van der Waals surface area contributed by atoms with Crippen molar-refractivity contribution in [2.75, 3.05) is 13.2 Å². The topological polar surface area (TPSA) is 95.9 Å². The van der Waals surface area contributed by atoms with Crippen LogP contribution in [0.5, 0.6) is 0 Å². The molecule has 0 rings (SSSR count). The molecule has 0 fully saturated rings. The fraction of sp³-hybridized carbons (Fsp3) is 0.949. The Hall–Kier alpha value is -1.40. The molecule has 0 heterocycles.